The number of alkyl halides is 3. The molecule has 3 aromatic rings. The van der Waals surface area contributed by atoms with Crippen molar-refractivity contribution in [3.63, 3.8) is 0 Å². The Bertz CT molecular complexity index is 954. The lowest BCUT2D eigenvalue weighted by molar-refractivity contribution is -0.137. The summed E-state index contributed by atoms with van der Waals surface area (Å²) in [7, 11) is 0. The second-order valence-electron chi connectivity index (χ2n) is 5.91. The van der Waals surface area contributed by atoms with Crippen LogP contribution in [-0.2, 0) is 12.7 Å². The van der Waals surface area contributed by atoms with Gasteiger partial charge < -0.3 is 10.6 Å². The molecule has 0 spiro atoms. The molecule has 0 aliphatic rings. The van der Waals surface area contributed by atoms with Crippen LogP contribution < -0.4 is 10.6 Å². The minimum Gasteiger partial charge on any atom is -0.364 e. The fourth-order valence-corrected chi connectivity index (χ4v) is 2.44. The Morgan fingerprint density at radius 3 is 2.29 bits per heavy atom. The minimum atomic E-state index is -4.46. The van der Waals surface area contributed by atoms with Gasteiger partial charge in [0.1, 0.15) is 11.6 Å². The molecule has 0 saturated heterocycles. The summed E-state index contributed by atoms with van der Waals surface area (Å²) in [5.74, 6) is -0.523. The van der Waals surface area contributed by atoms with Gasteiger partial charge in [-0.2, -0.15) is 13.2 Å². The molecule has 0 aliphatic heterocycles. The van der Waals surface area contributed by atoms with Crippen LogP contribution in [0.4, 0.5) is 29.1 Å². The highest BCUT2D eigenvalue weighted by molar-refractivity contribution is 6.05. The number of halogens is 4. The number of rotatable bonds is 5. The number of carbonyl (C=O) groups excluding carboxylic acids is 1. The fourth-order valence-electron chi connectivity index (χ4n) is 2.44. The van der Waals surface area contributed by atoms with Gasteiger partial charge in [0.2, 0.25) is 0 Å². The van der Waals surface area contributed by atoms with Gasteiger partial charge in [-0.15, -0.1) is 0 Å². The van der Waals surface area contributed by atoms with E-state index in [1.807, 2.05) is 0 Å². The highest BCUT2D eigenvalue weighted by Gasteiger charge is 2.30. The first-order valence-electron chi connectivity index (χ1n) is 8.25. The first kappa shape index (κ1) is 19.3. The van der Waals surface area contributed by atoms with E-state index < -0.39 is 17.6 Å². The van der Waals surface area contributed by atoms with Crippen LogP contribution in [0.1, 0.15) is 21.5 Å². The summed E-state index contributed by atoms with van der Waals surface area (Å²) in [6.45, 7) is 0.348. The molecule has 28 heavy (non-hydrogen) atoms. The van der Waals surface area contributed by atoms with Crippen molar-refractivity contribution in [2.24, 2.45) is 0 Å². The summed E-state index contributed by atoms with van der Waals surface area (Å²) in [6.07, 6.45) is -2.93. The van der Waals surface area contributed by atoms with E-state index in [2.05, 4.69) is 15.6 Å². The van der Waals surface area contributed by atoms with E-state index in [1.165, 1.54) is 18.3 Å². The Labute approximate surface area is 158 Å². The summed E-state index contributed by atoms with van der Waals surface area (Å²) >= 11 is 0. The highest BCUT2D eigenvalue weighted by Crippen LogP contribution is 2.29. The number of hydrogen-bond donors (Lipinski definition) is 2. The lowest BCUT2D eigenvalue weighted by Crippen LogP contribution is -2.15. The second-order valence-corrected chi connectivity index (χ2v) is 5.91. The van der Waals surface area contributed by atoms with Crippen molar-refractivity contribution in [1.29, 1.82) is 0 Å². The van der Waals surface area contributed by atoms with Crippen molar-refractivity contribution in [3.05, 3.63) is 89.4 Å². The molecule has 3 rings (SSSR count). The summed E-state index contributed by atoms with van der Waals surface area (Å²) < 4.78 is 50.9. The van der Waals surface area contributed by atoms with Crippen LogP contribution in [0.2, 0.25) is 0 Å². The molecule has 1 aromatic heterocycles. The van der Waals surface area contributed by atoms with Crippen LogP contribution in [0.15, 0.2) is 66.9 Å². The van der Waals surface area contributed by atoms with Gasteiger partial charge in [0.15, 0.2) is 0 Å². The summed E-state index contributed by atoms with van der Waals surface area (Å²) in [6, 6.07) is 13.1. The molecule has 8 heteroatoms. The molecule has 4 nitrogen and oxygen atoms in total. The first-order valence-corrected chi connectivity index (χ1v) is 8.25. The van der Waals surface area contributed by atoms with Crippen molar-refractivity contribution in [1.82, 2.24) is 4.98 Å². The third kappa shape index (κ3) is 4.85. The first-order chi connectivity index (χ1) is 13.3. The quantitative estimate of drug-likeness (QED) is 0.597. The summed E-state index contributed by atoms with van der Waals surface area (Å²) in [5.41, 5.74) is 0.440. The Morgan fingerprint density at radius 2 is 1.64 bits per heavy atom. The maximum absolute atomic E-state index is 13.0. The molecule has 144 valence electrons. The van der Waals surface area contributed by atoms with Gasteiger partial charge in [0, 0.05) is 18.3 Å². The third-order valence-electron chi connectivity index (χ3n) is 3.90. The van der Waals surface area contributed by atoms with Crippen LogP contribution in [0.5, 0.6) is 0 Å². The molecular formula is C20H15F4N3O. The number of aromatic nitrogens is 1. The third-order valence-corrected chi connectivity index (χ3v) is 3.90. The molecule has 0 radical (unpaired) electrons. The van der Waals surface area contributed by atoms with Crippen LogP contribution in [0.3, 0.4) is 0 Å². The van der Waals surface area contributed by atoms with Gasteiger partial charge in [-0.3, -0.25) is 4.79 Å². The average Bonchev–Trinajstić information content (AvgIpc) is 2.68. The molecule has 0 unspecified atom stereocenters. The van der Waals surface area contributed by atoms with E-state index in [4.69, 9.17) is 0 Å². The zero-order valence-electron chi connectivity index (χ0n) is 14.4. The van der Waals surface area contributed by atoms with Gasteiger partial charge >= 0.3 is 6.18 Å². The van der Waals surface area contributed by atoms with Gasteiger partial charge in [-0.1, -0.05) is 12.1 Å². The zero-order valence-corrected chi connectivity index (χ0v) is 14.4. The maximum Gasteiger partial charge on any atom is 0.416 e. The Hall–Kier alpha value is -3.42. The highest BCUT2D eigenvalue weighted by atomic mass is 19.4. The van der Waals surface area contributed by atoms with Crippen molar-refractivity contribution >= 4 is 17.4 Å². The number of benzene rings is 2. The van der Waals surface area contributed by atoms with Crippen LogP contribution in [0.25, 0.3) is 0 Å². The fraction of sp³-hybridized carbons (Fsp3) is 0.100. The Morgan fingerprint density at radius 1 is 0.964 bits per heavy atom. The van der Waals surface area contributed by atoms with E-state index in [9.17, 15) is 22.4 Å². The van der Waals surface area contributed by atoms with Crippen LogP contribution >= 0.6 is 0 Å². The van der Waals surface area contributed by atoms with Gasteiger partial charge in [-0.05, 0) is 54.1 Å². The average molecular weight is 389 g/mol. The van der Waals surface area contributed by atoms with Crippen LogP contribution in [0, 0.1) is 5.82 Å². The number of hydrogen-bond acceptors (Lipinski definition) is 3. The number of carbonyl (C=O) groups is 1. The largest absolute Gasteiger partial charge is 0.416 e. The lowest BCUT2D eigenvalue weighted by Gasteiger charge is -2.12. The standard InChI is InChI=1S/C20H15F4N3O/c21-16-9-3-13(4-10-16)12-26-18-17(2-1-11-25-18)27-19(28)14-5-7-15(8-6-14)20(22,23)24/h1-11H,12H2,(H,25,26)(H,27,28). The topological polar surface area (TPSA) is 54.0 Å². The van der Waals surface area contributed by atoms with Crippen molar-refractivity contribution in [2.45, 2.75) is 12.7 Å². The van der Waals surface area contributed by atoms with E-state index >= 15 is 0 Å². The Balaban J connectivity index is 1.70. The lowest BCUT2D eigenvalue weighted by atomic mass is 10.1. The number of pyridine rings is 1. The SMILES string of the molecule is O=C(Nc1cccnc1NCc1ccc(F)cc1)c1ccc(C(F)(F)F)cc1. The van der Waals surface area contributed by atoms with E-state index in [-0.39, 0.29) is 11.4 Å². The maximum atomic E-state index is 13.0. The molecule has 0 atom stereocenters. The number of amides is 1. The second kappa shape index (κ2) is 8.08. The molecule has 1 amide bonds. The van der Waals surface area contributed by atoms with Gasteiger partial charge in [0.25, 0.3) is 5.91 Å². The van der Waals surface area contributed by atoms with E-state index in [0.29, 0.717) is 18.1 Å². The van der Waals surface area contributed by atoms with Crippen molar-refractivity contribution in [3.8, 4) is 0 Å². The summed E-state index contributed by atoms with van der Waals surface area (Å²) in [5, 5.41) is 5.66. The zero-order chi connectivity index (χ0) is 20.1. The monoisotopic (exact) mass is 389 g/mol. The molecule has 0 bridgehead atoms. The predicted octanol–water partition coefficient (Wildman–Crippen LogP) is 5.10. The molecule has 1 heterocycles. The van der Waals surface area contributed by atoms with Gasteiger partial charge in [0.05, 0.1) is 11.3 Å². The van der Waals surface area contributed by atoms with Crippen LogP contribution in [-0.4, -0.2) is 10.9 Å². The van der Waals surface area contributed by atoms with E-state index in [0.717, 1.165) is 29.8 Å². The smallest absolute Gasteiger partial charge is 0.364 e. The number of anilines is 2. The minimum absolute atomic E-state index is 0.0846. The molecule has 0 saturated carbocycles. The Kier molecular flexibility index (Phi) is 5.58. The van der Waals surface area contributed by atoms with Crippen molar-refractivity contribution in [2.75, 3.05) is 10.6 Å². The normalized spacial score (nSPS) is 11.1. The van der Waals surface area contributed by atoms with E-state index in [1.54, 1.807) is 24.3 Å². The molecule has 2 aromatic carbocycles. The molecule has 0 fully saturated rings. The molecule has 0 aliphatic carbocycles. The molecular weight excluding hydrogens is 374 g/mol. The summed E-state index contributed by atoms with van der Waals surface area (Å²) in [4.78, 5) is 16.5. The predicted molar refractivity (Wildman–Crippen MR) is 97.4 cm³/mol. The van der Waals surface area contributed by atoms with Gasteiger partial charge in [-0.25, -0.2) is 9.37 Å². The molecule has 2 N–H and O–H groups in total. The van der Waals surface area contributed by atoms with Crippen molar-refractivity contribution < 1.29 is 22.4 Å². The number of nitrogens with one attached hydrogen (secondary N) is 2. The number of nitrogens with zero attached hydrogens (tertiary/aromatic N) is 1.